The number of methoxy groups -OCH3 is 1. The van der Waals surface area contributed by atoms with Crippen LogP contribution in [0.1, 0.15) is 21.8 Å². The van der Waals surface area contributed by atoms with Crippen LogP contribution in [0.3, 0.4) is 0 Å². The molecular formula is C20H19NO4. The Morgan fingerprint density at radius 3 is 2.48 bits per heavy atom. The van der Waals surface area contributed by atoms with E-state index in [1.165, 1.54) is 7.11 Å². The maximum Gasteiger partial charge on any atom is 0.337 e. The van der Waals surface area contributed by atoms with E-state index in [2.05, 4.69) is 9.72 Å². The molecule has 0 unspecified atom stereocenters. The molecule has 1 heterocycles. The molecule has 0 amide bonds. The summed E-state index contributed by atoms with van der Waals surface area (Å²) in [5.41, 5.74) is 2.33. The minimum atomic E-state index is -0.363. The Hall–Kier alpha value is -3.08. The third kappa shape index (κ3) is 4.07. The number of aromatic nitrogens is 1. The molecular weight excluding hydrogens is 318 g/mol. The molecule has 0 spiro atoms. The number of rotatable bonds is 6. The highest BCUT2D eigenvalue weighted by atomic mass is 16.5. The van der Waals surface area contributed by atoms with Crippen LogP contribution in [0, 0.1) is 6.92 Å². The number of aryl methyl sites for hydroxylation is 1. The van der Waals surface area contributed by atoms with Crippen LogP contribution < -0.4 is 4.74 Å². The van der Waals surface area contributed by atoms with Gasteiger partial charge < -0.3 is 13.9 Å². The zero-order valence-corrected chi connectivity index (χ0v) is 14.2. The zero-order chi connectivity index (χ0) is 17.6. The van der Waals surface area contributed by atoms with Crippen LogP contribution in [0.15, 0.2) is 59.0 Å². The first-order valence-electron chi connectivity index (χ1n) is 8.00. The summed E-state index contributed by atoms with van der Waals surface area (Å²) in [5, 5.41) is 0. The van der Waals surface area contributed by atoms with Crippen molar-refractivity contribution in [2.75, 3.05) is 13.7 Å². The fourth-order valence-corrected chi connectivity index (χ4v) is 2.43. The topological polar surface area (TPSA) is 61.6 Å². The summed E-state index contributed by atoms with van der Waals surface area (Å²) in [5.74, 6) is 1.74. The van der Waals surface area contributed by atoms with Crippen molar-refractivity contribution in [3.63, 3.8) is 0 Å². The van der Waals surface area contributed by atoms with Gasteiger partial charge in [0.1, 0.15) is 11.5 Å². The van der Waals surface area contributed by atoms with Crippen LogP contribution in [0.5, 0.6) is 5.75 Å². The van der Waals surface area contributed by atoms with Crippen molar-refractivity contribution in [2.24, 2.45) is 0 Å². The number of hydrogen-bond acceptors (Lipinski definition) is 5. The quantitative estimate of drug-likeness (QED) is 0.635. The van der Waals surface area contributed by atoms with E-state index in [1.807, 2.05) is 37.3 Å². The lowest BCUT2D eigenvalue weighted by atomic mass is 10.2. The lowest BCUT2D eigenvalue weighted by molar-refractivity contribution is 0.0600. The summed E-state index contributed by atoms with van der Waals surface area (Å²) >= 11 is 0. The lowest BCUT2D eigenvalue weighted by Gasteiger charge is -2.06. The van der Waals surface area contributed by atoms with Crippen molar-refractivity contribution < 1.29 is 18.7 Å². The summed E-state index contributed by atoms with van der Waals surface area (Å²) < 4.78 is 16.1. The number of hydrogen-bond donors (Lipinski definition) is 0. The van der Waals surface area contributed by atoms with Crippen molar-refractivity contribution in [1.29, 1.82) is 0 Å². The Balaban J connectivity index is 1.59. The molecule has 0 bridgehead atoms. The van der Waals surface area contributed by atoms with E-state index >= 15 is 0 Å². The molecule has 128 valence electrons. The maximum absolute atomic E-state index is 11.4. The largest absolute Gasteiger partial charge is 0.493 e. The van der Waals surface area contributed by atoms with Gasteiger partial charge in [-0.2, -0.15) is 0 Å². The van der Waals surface area contributed by atoms with E-state index in [4.69, 9.17) is 9.15 Å². The average Bonchev–Trinajstić information content (AvgIpc) is 3.03. The normalized spacial score (nSPS) is 10.5. The molecule has 0 saturated carbocycles. The molecule has 3 rings (SSSR count). The molecule has 0 saturated heterocycles. The van der Waals surface area contributed by atoms with Crippen LogP contribution in [-0.4, -0.2) is 24.7 Å². The van der Waals surface area contributed by atoms with Crippen LogP contribution >= 0.6 is 0 Å². The molecule has 5 heteroatoms. The highest BCUT2D eigenvalue weighted by Gasteiger charge is 2.11. The number of carbonyl (C=O) groups excluding carboxylic acids is 1. The summed E-state index contributed by atoms with van der Waals surface area (Å²) in [4.78, 5) is 16.0. The predicted molar refractivity (Wildman–Crippen MR) is 93.7 cm³/mol. The summed E-state index contributed by atoms with van der Waals surface area (Å²) in [7, 11) is 1.36. The van der Waals surface area contributed by atoms with Gasteiger partial charge in [-0.3, -0.25) is 0 Å². The Morgan fingerprint density at radius 2 is 1.80 bits per heavy atom. The van der Waals surface area contributed by atoms with Gasteiger partial charge in [0.15, 0.2) is 0 Å². The highest BCUT2D eigenvalue weighted by molar-refractivity contribution is 5.89. The lowest BCUT2D eigenvalue weighted by Crippen LogP contribution is -2.04. The van der Waals surface area contributed by atoms with Gasteiger partial charge >= 0.3 is 5.97 Å². The van der Waals surface area contributed by atoms with Gasteiger partial charge in [-0.15, -0.1) is 0 Å². The van der Waals surface area contributed by atoms with E-state index < -0.39 is 0 Å². The van der Waals surface area contributed by atoms with Crippen molar-refractivity contribution in [1.82, 2.24) is 4.98 Å². The van der Waals surface area contributed by atoms with Gasteiger partial charge in [0, 0.05) is 12.0 Å². The van der Waals surface area contributed by atoms with Crippen LogP contribution in [0.4, 0.5) is 0 Å². The predicted octanol–water partition coefficient (Wildman–Crippen LogP) is 4.06. The van der Waals surface area contributed by atoms with E-state index in [0.717, 1.165) is 17.0 Å². The Morgan fingerprint density at radius 1 is 1.08 bits per heavy atom. The zero-order valence-electron chi connectivity index (χ0n) is 14.2. The molecule has 5 nitrogen and oxygen atoms in total. The molecule has 1 aromatic heterocycles. The minimum Gasteiger partial charge on any atom is -0.493 e. The molecule has 25 heavy (non-hydrogen) atoms. The van der Waals surface area contributed by atoms with E-state index in [9.17, 15) is 4.79 Å². The third-order valence-corrected chi connectivity index (χ3v) is 3.80. The smallest absolute Gasteiger partial charge is 0.337 e. The number of ether oxygens (including phenoxy) is 2. The molecule has 0 aliphatic heterocycles. The highest BCUT2D eigenvalue weighted by Crippen LogP contribution is 2.22. The molecule has 0 aliphatic rings. The second-order valence-corrected chi connectivity index (χ2v) is 5.50. The van der Waals surface area contributed by atoms with Crippen molar-refractivity contribution in [3.05, 3.63) is 71.6 Å². The number of benzene rings is 2. The van der Waals surface area contributed by atoms with E-state index in [0.29, 0.717) is 30.2 Å². The van der Waals surface area contributed by atoms with Crippen molar-refractivity contribution >= 4 is 5.97 Å². The Labute approximate surface area is 146 Å². The summed E-state index contributed by atoms with van der Waals surface area (Å²) in [6, 6.07) is 16.6. The number of nitrogens with zero attached hydrogens (tertiary/aromatic N) is 1. The first kappa shape index (κ1) is 16.8. The fraction of sp³-hybridized carbons (Fsp3) is 0.200. The van der Waals surface area contributed by atoms with E-state index in [-0.39, 0.29) is 5.97 Å². The number of esters is 1. The maximum atomic E-state index is 11.4. The third-order valence-electron chi connectivity index (χ3n) is 3.80. The molecule has 0 atom stereocenters. The van der Waals surface area contributed by atoms with Gasteiger partial charge in [0.2, 0.25) is 5.89 Å². The van der Waals surface area contributed by atoms with Gasteiger partial charge in [0.05, 0.1) is 25.0 Å². The van der Waals surface area contributed by atoms with Crippen molar-refractivity contribution in [2.45, 2.75) is 13.3 Å². The van der Waals surface area contributed by atoms with Crippen LogP contribution in [0.2, 0.25) is 0 Å². The standard InChI is InChI=1S/C20H19NO4/c1-14-18(21-19(25-14)15-6-4-3-5-7-15)12-13-24-17-10-8-16(9-11-17)20(22)23-2/h3-11H,12-13H2,1-2H3. The minimum absolute atomic E-state index is 0.363. The fourth-order valence-electron chi connectivity index (χ4n) is 2.43. The summed E-state index contributed by atoms with van der Waals surface area (Å²) in [6.45, 7) is 2.37. The number of carbonyl (C=O) groups is 1. The SMILES string of the molecule is COC(=O)c1ccc(OCCc2nc(-c3ccccc3)oc2C)cc1. The first-order chi connectivity index (χ1) is 12.2. The monoisotopic (exact) mass is 337 g/mol. The second-order valence-electron chi connectivity index (χ2n) is 5.50. The second kappa shape index (κ2) is 7.66. The molecule has 0 aliphatic carbocycles. The molecule has 0 fully saturated rings. The summed E-state index contributed by atoms with van der Waals surface area (Å²) in [6.07, 6.45) is 0.640. The van der Waals surface area contributed by atoms with Gasteiger partial charge in [0.25, 0.3) is 0 Å². The average molecular weight is 337 g/mol. The van der Waals surface area contributed by atoms with Crippen LogP contribution in [0.25, 0.3) is 11.5 Å². The Kier molecular flexibility index (Phi) is 5.14. The van der Waals surface area contributed by atoms with Crippen LogP contribution in [-0.2, 0) is 11.2 Å². The Bertz CT molecular complexity index is 838. The van der Waals surface area contributed by atoms with E-state index in [1.54, 1.807) is 24.3 Å². The van der Waals surface area contributed by atoms with Gasteiger partial charge in [-0.1, -0.05) is 18.2 Å². The van der Waals surface area contributed by atoms with Crippen molar-refractivity contribution in [3.8, 4) is 17.2 Å². The first-order valence-corrected chi connectivity index (χ1v) is 8.00. The van der Waals surface area contributed by atoms with Gasteiger partial charge in [-0.25, -0.2) is 9.78 Å². The molecule has 0 N–H and O–H groups in total. The number of oxazole rings is 1. The molecule has 3 aromatic rings. The molecule has 2 aromatic carbocycles. The van der Waals surface area contributed by atoms with Gasteiger partial charge in [-0.05, 0) is 43.3 Å². The molecule has 0 radical (unpaired) electrons.